The molecule has 0 aliphatic heterocycles. The zero-order chi connectivity index (χ0) is 29.7. The van der Waals surface area contributed by atoms with Crippen molar-refractivity contribution < 1.29 is 8.98 Å². The van der Waals surface area contributed by atoms with Crippen LogP contribution in [0.4, 0.5) is 0 Å². The molecule has 0 unspecified atom stereocenters. The Morgan fingerprint density at radius 1 is 0.674 bits per heavy atom. The van der Waals surface area contributed by atoms with Crippen LogP contribution < -0.4 is 4.57 Å². The minimum atomic E-state index is 0.573. The first kappa shape index (κ1) is 27.2. The van der Waals surface area contributed by atoms with Gasteiger partial charge in [-0.3, -0.25) is 0 Å². The van der Waals surface area contributed by atoms with Gasteiger partial charge in [0.25, 0.3) is 0 Å². The highest BCUT2D eigenvalue weighted by atomic mass is 16.3. The minimum Gasteiger partial charge on any atom is -0.454 e. The molecule has 1 saturated carbocycles. The highest BCUT2D eigenvalue weighted by Gasteiger charge is 2.26. The molecule has 0 atom stereocenters. The number of aromatic nitrogens is 1. The average molecular weight is 562 g/mol. The summed E-state index contributed by atoms with van der Waals surface area (Å²) in [6.45, 7) is 6.60. The summed E-state index contributed by atoms with van der Waals surface area (Å²) in [7, 11) is 2.06. The third-order valence-corrected chi connectivity index (χ3v) is 9.80. The number of aryl methyl sites for hydroxylation is 4. The van der Waals surface area contributed by atoms with Crippen molar-refractivity contribution in [1.82, 2.24) is 0 Å². The molecule has 212 valence electrons. The number of pyridine rings is 1. The van der Waals surface area contributed by atoms with Gasteiger partial charge in [0.15, 0.2) is 6.20 Å². The number of hydrogen-bond donors (Lipinski definition) is 0. The quantitative estimate of drug-likeness (QED) is 0.201. The minimum absolute atomic E-state index is 0.573. The second-order valence-corrected chi connectivity index (χ2v) is 12.4. The molecule has 0 radical (unpaired) electrons. The van der Waals surface area contributed by atoms with E-state index in [2.05, 4.69) is 111 Å². The predicted octanol–water partition coefficient (Wildman–Crippen LogP) is 9.98. The van der Waals surface area contributed by atoms with Crippen LogP contribution in [0.1, 0.15) is 70.9 Å². The molecule has 1 aliphatic carbocycles. The van der Waals surface area contributed by atoms with E-state index in [1.165, 1.54) is 47.9 Å². The molecule has 0 spiro atoms. The van der Waals surface area contributed by atoms with Crippen LogP contribution in [0.15, 0.2) is 95.5 Å². The molecule has 6 aromatic rings. The first-order valence-electron chi connectivity index (χ1n) is 15.4. The lowest BCUT2D eigenvalue weighted by Gasteiger charge is -2.31. The average Bonchev–Trinajstić information content (AvgIpc) is 3.40. The molecule has 2 aromatic heterocycles. The molecule has 0 saturated heterocycles. The second kappa shape index (κ2) is 10.9. The van der Waals surface area contributed by atoms with E-state index >= 15 is 0 Å². The van der Waals surface area contributed by atoms with E-state index < -0.39 is 0 Å². The van der Waals surface area contributed by atoms with E-state index in [1.54, 1.807) is 0 Å². The van der Waals surface area contributed by atoms with Crippen LogP contribution >= 0.6 is 0 Å². The maximum absolute atomic E-state index is 10.2. The van der Waals surface area contributed by atoms with Gasteiger partial charge in [0.05, 0.1) is 17.2 Å². The zero-order valence-electron chi connectivity index (χ0n) is 25.4. The monoisotopic (exact) mass is 561 g/mol. The Hall–Kier alpha value is -4.68. The summed E-state index contributed by atoms with van der Waals surface area (Å²) in [5.41, 5.74) is 13.2. The smallest absolute Gasteiger partial charge is 0.216 e. The van der Waals surface area contributed by atoms with Crippen molar-refractivity contribution >= 4 is 21.9 Å². The van der Waals surface area contributed by atoms with Crippen LogP contribution in [0.3, 0.4) is 0 Å². The summed E-state index contributed by atoms with van der Waals surface area (Å²) in [5, 5.41) is 12.3. The number of nitriles is 1. The number of furan rings is 1. The largest absolute Gasteiger partial charge is 0.454 e. The van der Waals surface area contributed by atoms with Gasteiger partial charge < -0.3 is 4.42 Å². The van der Waals surface area contributed by atoms with Crippen molar-refractivity contribution in [2.24, 2.45) is 7.05 Å². The Kier molecular flexibility index (Phi) is 6.86. The van der Waals surface area contributed by atoms with Gasteiger partial charge in [-0.1, -0.05) is 54.6 Å². The van der Waals surface area contributed by atoms with Crippen LogP contribution in [0.5, 0.6) is 0 Å². The Morgan fingerprint density at radius 2 is 1.33 bits per heavy atom. The van der Waals surface area contributed by atoms with Gasteiger partial charge in [-0.25, -0.2) is 4.57 Å². The van der Waals surface area contributed by atoms with Gasteiger partial charge in [0.1, 0.15) is 18.2 Å². The van der Waals surface area contributed by atoms with Crippen LogP contribution in [0.25, 0.3) is 44.3 Å². The fraction of sp³-hybridized carbons (Fsp3) is 0.250. The van der Waals surface area contributed by atoms with Crippen LogP contribution in [0.2, 0.25) is 0 Å². The molecule has 1 fully saturated rings. The number of rotatable bonds is 4. The lowest BCUT2D eigenvalue weighted by atomic mass is 9.74. The summed E-state index contributed by atoms with van der Waals surface area (Å²) >= 11 is 0. The SMILES string of the molecule is Cc1ccccc1C1CCC(c2ccc(-c3c(C#N)ccc4c3oc3c(-c5cccc[n+]5C)c(C)ccc34)cc2C)CC1. The van der Waals surface area contributed by atoms with E-state index in [4.69, 9.17) is 4.42 Å². The molecule has 0 N–H and O–H groups in total. The summed E-state index contributed by atoms with van der Waals surface area (Å²) in [6, 6.07) is 32.7. The van der Waals surface area contributed by atoms with Crippen molar-refractivity contribution in [1.29, 1.82) is 5.26 Å². The first-order chi connectivity index (χ1) is 20.9. The topological polar surface area (TPSA) is 40.8 Å². The fourth-order valence-corrected chi connectivity index (χ4v) is 7.53. The van der Waals surface area contributed by atoms with Gasteiger partial charge >= 0.3 is 0 Å². The Balaban J connectivity index is 1.29. The third-order valence-electron chi connectivity index (χ3n) is 9.80. The van der Waals surface area contributed by atoms with Gasteiger partial charge in [-0.05, 0) is 110 Å². The Bertz CT molecular complexity index is 2050. The van der Waals surface area contributed by atoms with Gasteiger partial charge in [0, 0.05) is 28.5 Å². The molecule has 1 aliphatic rings. The van der Waals surface area contributed by atoms with E-state index in [0.717, 1.165) is 49.9 Å². The second-order valence-electron chi connectivity index (χ2n) is 12.4. The Morgan fingerprint density at radius 3 is 2.00 bits per heavy atom. The third kappa shape index (κ3) is 4.63. The molecule has 2 heterocycles. The lowest BCUT2D eigenvalue weighted by molar-refractivity contribution is -0.660. The maximum Gasteiger partial charge on any atom is 0.216 e. The maximum atomic E-state index is 10.2. The van der Waals surface area contributed by atoms with Gasteiger partial charge in [-0.15, -0.1) is 0 Å². The first-order valence-corrected chi connectivity index (χ1v) is 15.4. The number of nitrogens with zero attached hydrogens (tertiary/aromatic N) is 2. The van der Waals surface area contributed by atoms with Crippen LogP contribution in [-0.4, -0.2) is 0 Å². The zero-order valence-corrected chi connectivity index (χ0v) is 25.4. The lowest BCUT2D eigenvalue weighted by Crippen LogP contribution is -2.30. The normalized spacial score (nSPS) is 16.9. The molecule has 3 heteroatoms. The molecule has 0 bridgehead atoms. The molecule has 3 nitrogen and oxygen atoms in total. The van der Waals surface area contributed by atoms with Crippen molar-refractivity contribution in [2.75, 3.05) is 0 Å². The predicted molar refractivity (Wildman–Crippen MR) is 175 cm³/mol. The van der Waals surface area contributed by atoms with Crippen molar-refractivity contribution in [2.45, 2.75) is 58.3 Å². The fourth-order valence-electron chi connectivity index (χ4n) is 7.53. The van der Waals surface area contributed by atoms with Crippen molar-refractivity contribution in [3.63, 3.8) is 0 Å². The van der Waals surface area contributed by atoms with Crippen LogP contribution in [-0.2, 0) is 7.05 Å². The van der Waals surface area contributed by atoms with E-state index in [-0.39, 0.29) is 0 Å². The van der Waals surface area contributed by atoms with E-state index in [9.17, 15) is 5.26 Å². The summed E-state index contributed by atoms with van der Waals surface area (Å²) < 4.78 is 8.92. The van der Waals surface area contributed by atoms with Gasteiger partial charge in [-0.2, -0.15) is 5.26 Å². The highest BCUT2D eigenvalue weighted by molar-refractivity contribution is 6.14. The Labute approximate surface area is 254 Å². The number of hydrogen-bond acceptors (Lipinski definition) is 2. The molecule has 0 amide bonds. The molecule has 43 heavy (non-hydrogen) atoms. The molecular formula is C40H37N2O+. The van der Waals surface area contributed by atoms with Crippen LogP contribution in [0, 0.1) is 32.1 Å². The van der Waals surface area contributed by atoms with E-state index in [1.807, 2.05) is 18.2 Å². The highest BCUT2D eigenvalue weighted by Crippen LogP contribution is 2.45. The number of fused-ring (bicyclic) bond motifs is 3. The van der Waals surface area contributed by atoms with Crippen molar-refractivity contribution in [3.8, 4) is 28.5 Å². The van der Waals surface area contributed by atoms with E-state index in [0.29, 0.717) is 17.4 Å². The van der Waals surface area contributed by atoms with Gasteiger partial charge in [0.2, 0.25) is 5.69 Å². The van der Waals surface area contributed by atoms with Crippen molar-refractivity contribution in [3.05, 3.63) is 125 Å². The standard InChI is InChI=1S/C40H37N2O/c1-25-9-5-6-10-32(25)28-13-15-29(16-14-28)33-20-17-30(23-27(33)3)38-31(24-41)18-21-35-34-19-12-26(2)37(39(34)43-40(35)38)36-11-7-8-22-42(36)4/h5-12,17-23,28-29H,13-16H2,1-4H3/q+1. The number of benzene rings is 4. The summed E-state index contributed by atoms with van der Waals surface area (Å²) in [6.07, 6.45) is 6.94. The molecule has 4 aromatic carbocycles. The molecular weight excluding hydrogens is 524 g/mol. The molecule has 7 rings (SSSR count). The summed E-state index contributed by atoms with van der Waals surface area (Å²) in [5.74, 6) is 1.23. The summed E-state index contributed by atoms with van der Waals surface area (Å²) in [4.78, 5) is 0.